The molecule has 0 aliphatic heterocycles. The Morgan fingerprint density at radius 2 is 1.89 bits per heavy atom. The third-order valence-corrected chi connectivity index (χ3v) is 4.64. The van der Waals surface area contributed by atoms with E-state index in [2.05, 4.69) is 4.98 Å². The van der Waals surface area contributed by atoms with Crippen molar-refractivity contribution in [2.75, 3.05) is 7.11 Å². The Labute approximate surface area is 167 Å². The van der Waals surface area contributed by atoms with Gasteiger partial charge in [0.2, 0.25) is 5.88 Å². The molecule has 1 atom stereocenters. The number of hydrogen-bond donors (Lipinski definition) is 0. The van der Waals surface area contributed by atoms with Crippen LogP contribution in [0.3, 0.4) is 0 Å². The molecule has 1 unspecified atom stereocenters. The van der Waals surface area contributed by atoms with Crippen LogP contribution in [0.5, 0.6) is 11.6 Å². The molecule has 144 valence electrons. The summed E-state index contributed by atoms with van der Waals surface area (Å²) in [6.45, 7) is 3.78. The average Bonchev–Trinajstić information content (AvgIpc) is 2.63. The smallest absolute Gasteiger partial charge is 0.318 e. The van der Waals surface area contributed by atoms with E-state index in [0.717, 1.165) is 0 Å². The number of ether oxygens (including phenoxy) is 2. The van der Waals surface area contributed by atoms with Gasteiger partial charge >= 0.3 is 5.97 Å². The second-order valence-electron chi connectivity index (χ2n) is 6.23. The highest BCUT2D eigenvalue weighted by atomic mass is 35.5. The first kappa shape index (κ1) is 21.2. The molecule has 27 heavy (non-hydrogen) atoms. The number of carbonyl (C=O) groups excluding carboxylic acids is 1. The third kappa shape index (κ3) is 4.99. The molecule has 0 fully saturated rings. The van der Waals surface area contributed by atoms with Gasteiger partial charge in [-0.3, -0.25) is 4.79 Å². The lowest BCUT2D eigenvalue weighted by Gasteiger charge is -2.33. The van der Waals surface area contributed by atoms with Crippen LogP contribution < -0.4 is 4.74 Å². The van der Waals surface area contributed by atoms with Gasteiger partial charge in [-0.2, -0.15) is 0 Å². The van der Waals surface area contributed by atoms with Crippen LogP contribution in [-0.4, -0.2) is 18.1 Å². The predicted molar refractivity (Wildman–Crippen MR) is 104 cm³/mol. The standard InChI is InChI=1S/C20H20Cl2FNO3/c1-13(2)20(19(25)26-3,12-11-17(21)22)16-5-4-6-18(24-16)27-15-9-7-14(23)8-10-15/h4-11,13H,12H2,1-3H3. The molecule has 0 N–H and O–H groups in total. The van der Waals surface area contributed by atoms with E-state index >= 15 is 0 Å². The van der Waals surface area contributed by atoms with Gasteiger partial charge < -0.3 is 9.47 Å². The minimum absolute atomic E-state index is 0.0580. The van der Waals surface area contributed by atoms with Crippen LogP contribution in [0.1, 0.15) is 26.0 Å². The van der Waals surface area contributed by atoms with Crippen LogP contribution >= 0.6 is 23.2 Å². The number of rotatable bonds is 7. The van der Waals surface area contributed by atoms with Crippen LogP contribution in [0, 0.1) is 11.7 Å². The number of allylic oxidation sites excluding steroid dienone is 1. The fraction of sp³-hybridized carbons (Fsp3) is 0.300. The van der Waals surface area contributed by atoms with Crippen molar-refractivity contribution in [3.8, 4) is 11.6 Å². The Morgan fingerprint density at radius 3 is 2.44 bits per heavy atom. The van der Waals surface area contributed by atoms with E-state index in [1.54, 1.807) is 24.3 Å². The first-order chi connectivity index (χ1) is 12.8. The molecular formula is C20H20Cl2FNO3. The lowest BCUT2D eigenvalue weighted by Crippen LogP contribution is -2.42. The van der Waals surface area contributed by atoms with Crippen LogP contribution in [0.2, 0.25) is 0 Å². The molecule has 1 aromatic heterocycles. The molecular weight excluding hydrogens is 392 g/mol. The van der Waals surface area contributed by atoms with Crippen LogP contribution in [0.15, 0.2) is 53.0 Å². The Hall–Kier alpha value is -2.11. The summed E-state index contributed by atoms with van der Waals surface area (Å²) >= 11 is 11.5. The molecule has 0 aliphatic carbocycles. The summed E-state index contributed by atoms with van der Waals surface area (Å²) in [7, 11) is 1.32. The monoisotopic (exact) mass is 411 g/mol. The van der Waals surface area contributed by atoms with E-state index in [9.17, 15) is 9.18 Å². The summed E-state index contributed by atoms with van der Waals surface area (Å²) in [4.78, 5) is 17.2. The molecule has 2 rings (SSSR count). The largest absolute Gasteiger partial charge is 0.468 e. The summed E-state index contributed by atoms with van der Waals surface area (Å²) in [6, 6.07) is 10.7. The normalized spacial score (nSPS) is 13.0. The number of benzene rings is 1. The molecule has 0 saturated carbocycles. The third-order valence-electron chi connectivity index (χ3n) is 4.33. The van der Waals surface area contributed by atoms with Crippen molar-refractivity contribution in [3.05, 3.63) is 64.5 Å². The zero-order chi connectivity index (χ0) is 20.0. The summed E-state index contributed by atoms with van der Waals surface area (Å²) in [5, 5.41) is 0. The second kappa shape index (κ2) is 9.20. The number of carbonyl (C=O) groups is 1. The first-order valence-electron chi connectivity index (χ1n) is 8.30. The second-order valence-corrected chi connectivity index (χ2v) is 7.24. The highest BCUT2D eigenvalue weighted by molar-refractivity contribution is 6.55. The Morgan fingerprint density at radius 1 is 1.22 bits per heavy atom. The molecule has 1 heterocycles. The number of pyridine rings is 1. The van der Waals surface area contributed by atoms with E-state index < -0.39 is 11.4 Å². The fourth-order valence-electron chi connectivity index (χ4n) is 2.82. The average molecular weight is 412 g/mol. The quantitative estimate of drug-likeness (QED) is 0.541. The van der Waals surface area contributed by atoms with E-state index in [1.807, 2.05) is 13.8 Å². The van der Waals surface area contributed by atoms with Crippen molar-refractivity contribution in [3.63, 3.8) is 0 Å². The molecule has 0 saturated heterocycles. The van der Waals surface area contributed by atoms with Crippen molar-refractivity contribution in [1.82, 2.24) is 4.98 Å². The molecule has 4 nitrogen and oxygen atoms in total. The van der Waals surface area contributed by atoms with Gasteiger partial charge in [0, 0.05) is 6.07 Å². The number of methoxy groups -OCH3 is 1. The van der Waals surface area contributed by atoms with Gasteiger partial charge in [0.25, 0.3) is 0 Å². The lowest BCUT2D eigenvalue weighted by atomic mass is 9.71. The molecule has 0 bridgehead atoms. The zero-order valence-electron chi connectivity index (χ0n) is 15.2. The highest BCUT2D eigenvalue weighted by Crippen LogP contribution is 2.38. The SMILES string of the molecule is COC(=O)C(CC=C(Cl)Cl)(c1cccc(Oc2ccc(F)cc2)n1)C(C)C. The maximum Gasteiger partial charge on any atom is 0.318 e. The van der Waals surface area contributed by atoms with Crippen molar-refractivity contribution >= 4 is 29.2 Å². The fourth-order valence-corrected chi connectivity index (χ4v) is 2.98. The molecule has 1 aromatic carbocycles. The summed E-state index contributed by atoms with van der Waals surface area (Å²) in [5.74, 6) is -0.275. The number of aromatic nitrogens is 1. The minimum atomic E-state index is -1.09. The molecule has 0 amide bonds. The van der Waals surface area contributed by atoms with Gasteiger partial charge in [-0.15, -0.1) is 0 Å². The van der Waals surface area contributed by atoms with Crippen molar-refractivity contribution in [1.29, 1.82) is 0 Å². The van der Waals surface area contributed by atoms with E-state index in [-0.39, 0.29) is 28.5 Å². The number of halogens is 3. The van der Waals surface area contributed by atoms with Crippen molar-refractivity contribution in [2.24, 2.45) is 5.92 Å². The van der Waals surface area contributed by atoms with Crippen molar-refractivity contribution in [2.45, 2.75) is 25.7 Å². The maximum atomic E-state index is 13.1. The lowest BCUT2D eigenvalue weighted by molar-refractivity contribution is -0.149. The van der Waals surface area contributed by atoms with E-state index in [1.165, 1.54) is 31.4 Å². The summed E-state index contributed by atoms with van der Waals surface area (Å²) in [5.41, 5.74) is -0.624. The molecule has 0 spiro atoms. The maximum absolute atomic E-state index is 13.1. The van der Waals surface area contributed by atoms with Gasteiger partial charge in [0.15, 0.2) is 0 Å². The van der Waals surface area contributed by atoms with Gasteiger partial charge in [0.05, 0.1) is 12.8 Å². The first-order valence-corrected chi connectivity index (χ1v) is 9.05. The van der Waals surface area contributed by atoms with E-state index in [4.69, 9.17) is 32.7 Å². The van der Waals surface area contributed by atoms with Gasteiger partial charge in [-0.1, -0.05) is 49.2 Å². The molecule has 0 radical (unpaired) electrons. The summed E-state index contributed by atoms with van der Waals surface area (Å²) in [6.07, 6.45) is 1.77. The Kier molecular flexibility index (Phi) is 7.22. The summed E-state index contributed by atoms with van der Waals surface area (Å²) < 4.78 is 23.9. The number of nitrogens with zero attached hydrogens (tertiary/aromatic N) is 1. The Balaban J connectivity index is 2.47. The highest BCUT2D eigenvalue weighted by Gasteiger charge is 2.45. The minimum Gasteiger partial charge on any atom is -0.468 e. The molecule has 0 aliphatic rings. The molecule has 2 aromatic rings. The van der Waals surface area contributed by atoms with E-state index in [0.29, 0.717) is 11.4 Å². The van der Waals surface area contributed by atoms with Crippen LogP contribution in [0.25, 0.3) is 0 Å². The topological polar surface area (TPSA) is 48.4 Å². The number of esters is 1. The molecule has 7 heteroatoms. The van der Waals surface area contributed by atoms with Crippen LogP contribution in [0.4, 0.5) is 4.39 Å². The van der Waals surface area contributed by atoms with Gasteiger partial charge in [-0.05, 0) is 42.7 Å². The zero-order valence-corrected chi connectivity index (χ0v) is 16.7. The van der Waals surface area contributed by atoms with Crippen molar-refractivity contribution < 1.29 is 18.7 Å². The van der Waals surface area contributed by atoms with Gasteiger partial charge in [-0.25, -0.2) is 9.37 Å². The number of hydrogen-bond acceptors (Lipinski definition) is 4. The van der Waals surface area contributed by atoms with Crippen LogP contribution in [-0.2, 0) is 14.9 Å². The van der Waals surface area contributed by atoms with Gasteiger partial charge in [0.1, 0.15) is 21.5 Å². The predicted octanol–water partition coefficient (Wildman–Crippen LogP) is 5.79. The Bertz CT molecular complexity index is 820.